The Morgan fingerprint density at radius 2 is 2.37 bits per heavy atom. The highest BCUT2D eigenvalue weighted by Gasteiger charge is 2.39. The molecule has 0 spiro atoms. The maximum absolute atomic E-state index is 10.6. The molecule has 3 saturated heterocycles. The first-order valence-electron chi connectivity index (χ1n) is 7.19. The number of carbonyl (C=O) groups is 1. The Morgan fingerprint density at radius 1 is 1.47 bits per heavy atom. The summed E-state index contributed by atoms with van der Waals surface area (Å²) in [5.41, 5.74) is 0. The van der Waals surface area contributed by atoms with E-state index >= 15 is 0 Å². The van der Waals surface area contributed by atoms with Crippen LogP contribution in [0.5, 0.6) is 0 Å². The summed E-state index contributed by atoms with van der Waals surface area (Å²) < 4.78 is 5.42. The number of rotatable bonds is 5. The normalized spacial score (nSPS) is 33.5. The highest BCUT2D eigenvalue weighted by Crippen LogP contribution is 2.38. The highest BCUT2D eigenvalue weighted by molar-refractivity contribution is 5.70. The van der Waals surface area contributed by atoms with E-state index in [1.165, 1.54) is 6.42 Å². The molecule has 0 aliphatic carbocycles. The Hall–Kier alpha value is -1.13. The molecule has 4 unspecified atom stereocenters. The van der Waals surface area contributed by atoms with Crippen molar-refractivity contribution in [1.82, 2.24) is 4.90 Å². The minimum atomic E-state index is 0.296. The molecular weight excluding hydrogens is 242 g/mol. The van der Waals surface area contributed by atoms with Crippen molar-refractivity contribution in [2.24, 2.45) is 11.8 Å². The van der Waals surface area contributed by atoms with Gasteiger partial charge in [-0.15, -0.1) is 0 Å². The molecule has 2 bridgehead atoms. The van der Waals surface area contributed by atoms with E-state index in [-0.39, 0.29) is 0 Å². The number of carbonyl (C=O) groups excluding carboxylic acids is 1. The molecule has 4 nitrogen and oxygen atoms in total. The summed E-state index contributed by atoms with van der Waals surface area (Å²) in [6.45, 7) is 2.55. The van der Waals surface area contributed by atoms with Crippen LogP contribution in [0.25, 0.3) is 0 Å². The van der Waals surface area contributed by atoms with Crippen LogP contribution in [-0.4, -0.2) is 42.0 Å². The molecule has 4 heteroatoms. The van der Waals surface area contributed by atoms with E-state index in [0.717, 1.165) is 50.3 Å². The zero-order chi connectivity index (χ0) is 13.2. The molecule has 0 amide bonds. The van der Waals surface area contributed by atoms with Crippen LogP contribution in [0.15, 0.2) is 16.5 Å². The summed E-state index contributed by atoms with van der Waals surface area (Å²) in [5.74, 6) is 2.80. The molecule has 1 aromatic rings. The number of aliphatic hydroxyl groups is 1. The largest absolute Gasteiger partial charge is 0.458 e. The van der Waals surface area contributed by atoms with E-state index in [2.05, 4.69) is 4.90 Å². The number of fused-ring (bicyclic) bond motifs is 3. The molecule has 4 heterocycles. The molecule has 0 saturated carbocycles. The van der Waals surface area contributed by atoms with Gasteiger partial charge in [-0.1, -0.05) is 0 Å². The third-order valence-electron chi connectivity index (χ3n) is 4.78. The quantitative estimate of drug-likeness (QED) is 0.822. The fourth-order valence-electron chi connectivity index (χ4n) is 3.69. The van der Waals surface area contributed by atoms with Crippen molar-refractivity contribution >= 4 is 6.29 Å². The second-order valence-electron chi connectivity index (χ2n) is 5.84. The van der Waals surface area contributed by atoms with Crippen molar-refractivity contribution in [3.05, 3.63) is 23.7 Å². The lowest BCUT2D eigenvalue weighted by Crippen LogP contribution is -2.54. The van der Waals surface area contributed by atoms with E-state index in [4.69, 9.17) is 4.42 Å². The van der Waals surface area contributed by atoms with Gasteiger partial charge in [0.1, 0.15) is 5.76 Å². The first-order chi connectivity index (χ1) is 9.30. The van der Waals surface area contributed by atoms with E-state index < -0.39 is 0 Å². The molecule has 1 aromatic heterocycles. The first-order valence-corrected chi connectivity index (χ1v) is 7.19. The number of aryl methyl sites for hydroxylation is 1. The second-order valence-corrected chi connectivity index (χ2v) is 5.84. The van der Waals surface area contributed by atoms with Crippen LogP contribution in [0.4, 0.5) is 0 Å². The standard InChI is InChI=1S/C15H21NO3/c17-9-13-7-11-5-6-16(13)8-12(11)1-2-14-3-4-15(10-18)19-14/h3-4,10-13,17H,1-2,5-9H2. The lowest BCUT2D eigenvalue weighted by molar-refractivity contribution is -0.0237. The Morgan fingerprint density at radius 3 is 3.00 bits per heavy atom. The summed E-state index contributed by atoms with van der Waals surface area (Å²) in [5, 5.41) is 9.35. The summed E-state index contributed by atoms with van der Waals surface area (Å²) in [6, 6.07) is 4.03. The van der Waals surface area contributed by atoms with Gasteiger partial charge in [0.05, 0.1) is 6.61 Å². The fourth-order valence-corrected chi connectivity index (χ4v) is 3.69. The van der Waals surface area contributed by atoms with Crippen LogP contribution in [-0.2, 0) is 6.42 Å². The Labute approximate surface area is 113 Å². The third kappa shape index (κ3) is 2.60. The maximum atomic E-state index is 10.6. The van der Waals surface area contributed by atoms with Gasteiger partial charge in [-0.3, -0.25) is 9.69 Å². The topological polar surface area (TPSA) is 53.7 Å². The number of hydrogen-bond donors (Lipinski definition) is 1. The van der Waals surface area contributed by atoms with Crippen LogP contribution >= 0.6 is 0 Å². The number of nitrogens with zero attached hydrogens (tertiary/aromatic N) is 1. The van der Waals surface area contributed by atoms with Crippen LogP contribution in [0.1, 0.15) is 35.6 Å². The van der Waals surface area contributed by atoms with Crippen molar-refractivity contribution in [1.29, 1.82) is 0 Å². The highest BCUT2D eigenvalue weighted by atomic mass is 16.3. The lowest BCUT2D eigenvalue weighted by atomic mass is 9.74. The van der Waals surface area contributed by atoms with Crippen molar-refractivity contribution in [3.63, 3.8) is 0 Å². The predicted octanol–water partition coefficient (Wildman–Crippen LogP) is 1.73. The van der Waals surface area contributed by atoms with E-state index in [1.54, 1.807) is 6.07 Å². The summed E-state index contributed by atoms with van der Waals surface area (Å²) >= 11 is 0. The zero-order valence-electron chi connectivity index (χ0n) is 11.1. The average Bonchev–Trinajstić information content (AvgIpc) is 2.93. The van der Waals surface area contributed by atoms with Crippen LogP contribution < -0.4 is 0 Å². The van der Waals surface area contributed by atoms with Crippen molar-refractivity contribution in [2.75, 3.05) is 19.7 Å². The van der Waals surface area contributed by atoms with Gasteiger partial charge in [0.2, 0.25) is 0 Å². The monoisotopic (exact) mass is 263 g/mol. The lowest BCUT2D eigenvalue weighted by Gasteiger charge is -2.49. The number of furan rings is 1. The average molecular weight is 263 g/mol. The molecule has 1 N–H and O–H groups in total. The fraction of sp³-hybridized carbons (Fsp3) is 0.667. The molecular formula is C15H21NO3. The van der Waals surface area contributed by atoms with Gasteiger partial charge < -0.3 is 9.52 Å². The van der Waals surface area contributed by atoms with Gasteiger partial charge in [0, 0.05) is 19.0 Å². The molecule has 104 valence electrons. The number of aliphatic hydroxyl groups excluding tert-OH is 1. The minimum Gasteiger partial charge on any atom is -0.458 e. The molecule has 0 radical (unpaired) electrons. The van der Waals surface area contributed by atoms with E-state index in [1.807, 2.05) is 6.07 Å². The van der Waals surface area contributed by atoms with Gasteiger partial charge in [0.15, 0.2) is 12.0 Å². The summed E-state index contributed by atoms with van der Waals surface area (Å²) in [7, 11) is 0. The smallest absolute Gasteiger partial charge is 0.185 e. The minimum absolute atomic E-state index is 0.296. The molecule has 3 fully saturated rings. The number of hydrogen-bond acceptors (Lipinski definition) is 4. The molecule has 0 aromatic carbocycles. The van der Waals surface area contributed by atoms with Gasteiger partial charge in [-0.2, -0.15) is 0 Å². The Balaban J connectivity index is 1.55. The number of aldehydes is 1. The van der Waals surface area contributed by atoms with Crippen molar-refractivity contribution < 1.29 is 14.3 Å². The third-order valence-corrected chi connectivity index (χ3v) is 4.78. The second kappa shape index (κ2) is 5.47. The van der Waals surface area contributed by atoms with Crippen molar-refractivity contribution in [2.45, 2.75) is 31.7 Å². The van der Waals surface area contributed by atoms with E-state index in [0.29, 0.717) is 24.3 Å². The molecule has 4 rings (SSSR count). The van der Waals surface area contributed by atoms with Gasteiger partial charge in [-0.05, 0) is 49.8 Å². The van der Waals surface area contributed by atoms with Crippen LogP contribution in [0.3, 0.4) is 0 Å². The van der Waals surface area contributed by atoms with E-state index in [9.17, 15) is 9.90 Å². The predicted molar refractivity (Wildman–Crippen MR) is 71.1 cm³/mol. The van der Waals surface area contributed by atoms with Gasteiger partial charge in [0.25, 0.3) is 0 Å². The molecule has 3 aliphatic rings. The zero-order valence-corrected chi connectivity index (χ0v) is 11.1. The summed E-state index contributed by atoms with van der Waals surface area (Å²) in [6.07, 6.45) is 5.18. The van der Waals surface area contributed by atoms with Gasteiger partial charge >= 0.3 is 0 Å². The number of piperidine rings is 3. The van der Waals surface area contributed by atoms with Crippen LogP contribution in [0, 0.1) is 11.8 Å². The molecule has 4 atom stereocenters. The van der Waals surface area contributed by atoms with Gasteiger partial charge in [-0.25, -0.2) is 0 Å². The summed E-state index contributed by atoms with van der Waals surface area (Å²) in [4.78, 5) is 13.0. The van der Waals surface area contributed by atoms with Crippen molar-refractivity contribution in [3.8, 4) is 0 Å². The molecule has 3 aliphatic heterocycles. The Kier molecular flexibility index (Phi) is 3.71. The molecule has 19 heavy (non-hydrogen) atoms. The first kappa shape index (κ1) is 12.9. The SMILES string of the molecule is O=Cc1ccc(CCC2CN3CCC2CC3CO)o1. The maximum Gasteiger partial charge on any atom is 0.185 e. The Bertz CT molecular complexity index is 442. The van der Waals surface area contributed by atoms with Crippen LogP contribution in [0.2, 0.25) is 0 Å².